The number of benzene rings is 3. The fraction of sp³-hybridized carbons (Fsp3) is 0.261. The zero-order chi connectivity index (χ0) is 20.4. The third-order valence-electron chi connectivity index (χ3n) is 5.46. The molecule has 0 saturated carbocycles. The van der Waals surface area contributed by atoms with Gasteiger partial charge in [-0.25, -0.2) is 8.42 Å². The highest BCUT2D eigenvalue weighted by atomic mass is 32.2. The van der Waals surface area contributed by atoms with Crippen molar-refractivity contribution in [2.75, 3.05) is 18.4 Å². The van der Waals surface area contributed by atoms with Crippen molar-refractivity contribution in [1.29, 1.82) is 0 Å². The lowest BCUT2D eigenvalue weighted by Crippen LogP contribution is -2.43. The molecule has 1 aliphatic rings. The second kappa shape index (κ2) is 7.97. The van der Waals surface area contributed by atoms with Gasteiger partial charge in [0.2, 0.25) is 15.9 Å². The van der Waals surface area contributed by atoms with Crippen molar-refractivity contribution in [2.45, 2.75) is 24.7 Å². The number of rotatable bonds is 4. The van der Waals surface area contributed by atoms with Crippen LogP contribution >= 0.6 is 0 Å². The van der Waals surface area contributed by atoms with Crippen molar-refractivity contribution in [1.82, 2.24) is 4.31 Å². The summed E-state index contributed by atoms with van der Waals surface area (Å²) in [6.45, 7) is 2.56. The highest BCUT2D eigenvalue weighted by molar-refractivity contribution is 7.89. The lowest BCUT2D eigenvalue weighted by Gasteiger charge is -2.31. The molecule has 5 nitrogen and oxygen atoms in total. The molecule has 6 heteroatoms. The van der Waals surface area contributed by atoms with Crippen LogP contribution in [0.2, 0.25) is 0 Å². The summed E-state index contributed by atoms with van der Waals surface area (Å²) in [4.78, 5) is 13.2. The van der Waals surface area contributed by atoms with Gasteiger partial charge in [0, 0.05) is 24.2 Å². The molecule has 0 bridgehead atoms. The lowest BCUT2D eigenvalue weighted by molar-refractivity contribution is -0.120. The highest BCUT2D eigenvalue weighted by Gasteiger charge is 2.33. The van der Waals surface area contributed by atoms with Crippen molar-refractivity contribution < 1.29 is 13.2 Å². The van der Waals surface area contributed by atoms with E-state index in [-0.39, 0.29) is 23.3 Å². The first-order valence-electron chi connectivity index (χ1n) is 9.80. The number of carbonyl (C=O) groups is 1. The molecule has 1 aliphatic heterocycles. The van der Waals surface area contributed by atoms with E-state index in [9.17, 15) is 13.2 Å². The molecule has 1 N–H and O–H groups in total. The molecule has 3 aromatic carbocycles. The normalized spacial score (nSPS) is 17.9. The summed E-state index contributed by atoms with van der Waals surface area (Å²) in [6.07, 6.45) is 1.34. The Morgan fingerprint density at radius 3 is 2.52 bits per heavy atom. The second-order valence-corrected chi connectivity index (χ2v) is 9.47. The van der Waals surface area contributed by atoms with Gasteiger partial charge in [0.25, 0.3) is 0 Å². The van der Waals surface area contributed by atoms with E-state index >= 15 is 0 Å². The van der Waals surface area contributed by atoms with Crippen molar-refractivity contribution in [3.63, 3.8) is 0 Å². The first-order chi connectivity index (χ1) is 13.9. The molecule has 1 fully saturated rings. The maximum absolute atomic E-state index is 13.0. The molecular formula is C23H24N2O3S. The van der Waals surface area contributed by atoms with Gasteiger partial charge in [-0.2, -0.15) is 4.31 Å². The van der Waals surface area contributed by atoms with Gasteiger partial charge in [-0.3, -0.25) is 4.79 Å². The van der Waals surface area contributed by atoms with Crippen LogP contribution in [0, 0.1) is 12.8 Å². The maximum Gasteiger partial charge on any atom is 0.243 e. The third kappa shape index (κ3) is 4.04. The van der Waals surface area contributed by atoms with E-state index in [2.05, 4.69) is 5.32 Å². The highest BCUT2D eigenvalue weighted by Crippen LogP contribution is 2.27. The van der Waals surface area contributed by atoms with Crippen LogP contribution in [0.5, 0.6) is 0 Å². The SMILES string of the molecule is Cc1ccc(S(=O)(=O)N2CCC[C@@H](C(=O)Nc3cccc4ccccc34)C2)cc1. The molecular weight excluding hydrogens is 384 g/mol. The number of carbonyl (C=O) groups excluding carboxylic acids is 1. The molecule has 0 spiro atoms. The number of piperidine rings is 1. The monoisotopic (exact) mass is 408 g/mol. The fourth-order valence-corrected chi connectivity index (χ4v) is 5.33. The van der Waals surface area contributed by atoms with Crippen LogP contribution in [0.1, 0.15) is 18.4 Å². The predicted octanol–water partition coefficient (Wildman–Crippen LogP) is 4.19. The summed E-state index contributed by atoms with van der Waals surface area (Å²) in [5.74, 6) is -0.506. The largest absolute Gasteiger partial charge is 0.325 e. The Hall–Kier alpha value is -2.70. The van der Waals surface area contributed by atoms with Gasteiger partial charge in [-0.05, 0) is 43.4 Å². The number of amides is 1. The van der Waals surface area contributed by atoms with E-state index < -0.39 is 10.0 Å². The molecule has 0 aliphatic carbocycles. The van der Waals surface area contributed by atoms with Crippen molar-refractivity contribution >= 4 is 32.4 Å². The quantitative estimate of drug-likeness (QED) is 0.704. The average Bonchev–Trinajstić information content (AvgIpc) is 2.74. The van der Waals surface area contributed by atoms with E-state index in [0.717, 1.165) is 22.0 Å². The summed E-state index contributed by atoms with van der Waals surface area (Å²) in [5, 5.41) is 5.04. The summed E-state index contributed by atoms with van der Waals surface area (Å²) in [6, 6.07) is 20.5. The number of hydrogen-bond donors (Lipinski definition) is 1. The van der Waals surface area contributed by atoms with E-state index in [1.165, 1.54) is 4.31 Å². The molecule has 1 amide bonds. The number of sulfonamides is 1. The van der Waals surface area contributed by atoms with Gasteiger partial charge in [-0.1, -0.05) is 54.1 Å². The van der Waals surface area contributed by atoms with Crippen LogP contribution in [-0.4, -0.2) is 31.7 Å². The first kappa shape index (κ1) is 19.6. The molecule has 4 rings (SSSR count). The summed E-state index contributed by atoms with van der Waals surface area (Å²) >= 11 is 0. The summed E-state index contributed by atoms with van der Waals surface area (Å²) < 4.78 is 27.4. The van der Waals surface area contributed by atoms with Gasteiger partial charge in [-0.15, -0.1) is 0 Å². The van der Waals surface area contributed by atoms with Gasteiger partial charge in [0.15, 0.2) is 0 Å². The van der Waals surface area contributed by atoms with Crippen LogP contribution in [0.4, 0.5) is 5.69 Å². The summed E-state index contributed by atoms with van der Waals surface area (Å²) in [5.41, 5.74) is 1.77. The van der Waals surface area contributed by atoms with Crippen LogP contribution in [0.25, 0.3) is 10.8 Å². The Bertz CT molecular complexity index is 1140. The Balaban J connectivity index is 1.52. The minimum atomic E-state index is -3.60. The van der Waals surface area contributed by atoms with Crippen molar-refractivity contribution in [2.24, 2.45) is 5.92 Å². The van der Waals surface area contributed by atoms with Crippen molar-refractivity contribution in [3.8, 4) is 0 Å². The molecule has 0 aromatic heterocycles. The zero-order valence-corrected chi connectivity index (χ0v) is 17.2. The molecule has 1 heterocycles. The maximum atomic E-state index is 13.0. The number of nitrogens with zero attached hydrogens (tertiary/aromatic N) is 1. The molecule has 1 saturated heterocycles. The van der Waals surface area contributed by atoms with E-state index in [4.69, 9.17) is 0 Å². The third-order valence-corrected chi connectivity index (χ3v) is 7.34. The Morgan fingerprint density at radius 1 is 1.00 bits per heavy atom. The number of fused-ring (bicyclic) bond motifs is 1. The fourth-order valence-electron chi connectivity index (χ4n) is 3.80. The number of nitrogens with one attached hydrogen (secondary N) is 1. The number of aryl methyl sites for hydroxylation is 1. The van der Waals surface area contributed by atoms with Gasteiger partial charge < -0.3 is 5.32 Å². The van der Waals surface area contributed by atoms with Crippen LogP contribution in [-0.2, 0) is 14.8 Å². The van der Waals surface area contributed by atoms with Crippen LogP contribution in [0.3, 0.4) is 0 Å². The molecule has 0 radical (unpaired) electrons. The van der Waals surface area contributed by atoms with Crippen LogP contribution < -0.4 is 5.32 Å². The minimum absolute atomic E-state index is 0.134. The number of hydrogen-bond acceptors (Lipinski definition) is 3. The molecule has 29 heavy (non-hydrogen) atoms. The Kier molecular flexibility index (Phi) is 5.39. The smallest absolute Gasteiger partial charge is 0.243 e. The molecule has 1 atom stereocenters. The molecule has 150 valence electrons. The van der Waals surface area contributed by atoms with Gasteiger partial charge in [0.05, 0.1) is 10.8 Å². The predicted molar refractivity (Wildman–Crippen MR) is 115 cm³/mol. The van der Waals surface area contributed by atoms with E-state index in [0.29, 0.717) is 19.4 Å². The molecule has 3 aromatic rings. The minimum Gasteiger partial charge on any atom is -0.325 e. The van der Waals surface area contributed by atoms with Gasteiger partial charge >= 0.3 is 0 Å². The zero-order valence-electron chi connectivity index (χ0n) is 16.3. The van der Waals surface area contributed by atoms with Crippen LogP contribution in [0.15, 0.2) is 71.6 Å². The Morgan fingerprint density at radius 2 is 1.72 bits per heavy atom. The van der Waals surface area contributed by atoms with Crippen molar-refractivity contribution in [3.05, 3.63) is 72.3 Å². The average molecular weight is 409 g/mol. The standard InChI is InChI=1S/C23H24N2O3S/c1-17-11-13-20(14-12-17)29(27,28)25-15-5-8-19(16-25)23(26)24-22-10-4-7-18-6-2-3-9-21(18)22/h2-4,6-7,9-14,19H,5,8,15-16H2,1H3,(H,24,26)/t19-/m1/s1. The first-order valence-corrected chi connectivity index (χ1v) is 11.2. The van der Waals surface area contributed by atoms with E-state index in [1.54, 1.807) is 24.3 Å². The lowest BCUT2D eigenvalue weighted by atomic mass is 9.98. The van der Waals surface area contributed by atoms with Gasteiger partial charge in [0.1, 0.15) is 0 Å². The molecule has 0 unspecified atom stereocenters. The van der Waals surface area contributed by atoms with E-state index in [1.807, 2.05) is 49.4 Å². The summed E-state index contributed by atoms with van der Waals surface area (Å²) in [7, 11) is -3.60. The topological polar surface area (TPSA) is 66.5 Å². The second-order valence-electron chi connectivity index (χ2n) is 7.53. The number of anilines is 1. The Labute approximate surface area is 171 Å².